The lowest BCUT2D eigenvalue weighted by molar-refractivity contribution is -0.121. The molecule has 4 nitrogen and oxygen atoms in total. The third-order valence-corrected chi connectivity index (χ3v) is 3.63. The molecule has 21 heavy (non-hydrogen) atoms. The highest BCUT2D eigenvalue weighted by Crippen LogP contribution is 2.15. The van der Waals surface area contributed by atoms with Crippen molar-refractivity contribution in [2.24, 2.45) is 0 Å². The first-order valence-corrected chi connectivity index (χ1v) is 7.97. The number of aryl methyl sites for hydroxylation is 1. The van der Waals surface area contributed by atoms with Gasteiger partial charge in [-0.3, -0.25) is 4.79 Å². The van der Waals surface area contributed by atoms with E-state index in [9.17, 15) is 4.79 Å². The summed E-state index contributed by atoms with van der Waals surface area (Å²) in [4.78, 5) is 16.1. The summed E-state index contributed by atoms with van der Waals surface area (Å²) in [5.41, 5.74) is 2.11. The Morgan fingerprint density at radius 3 is 3.00 bits per heavy atom. The van der Waals surface area contributed by atoms with E-state index in [0.717, 1.165) is 12.0 Å². The number of thiophene rings is 1. The van der Waals surface area contributed by atoms with Gasteiger partial charge in [0, 0.05) is 24.7 Å². The largest absolute Gasteiger partial charge is 0.475 e. The predicted octanol–water partition coefficient (Wildman–Crippen LogP) is 3.18. The minimum Gasteiger partial charge on any atom is -0.475 e. The lowest BCUT2D eigenvalue weighted by Crippen LogP contribution is -2.23. The summed E-state index contributed by atoms with van der Waals surface area (Å²) >= 11 is 1.65. The molecule has 0 unspecified atom stereocenters. The summed E-state index contributed by atoms with van der Waals surface area (Å²) in [6.07, 6.45) is 3.03. The Morgan fingerprint density at radius 2 is 2.29 bits per heavy atom. The van der Waals surface area contributed by atoms with E-state index in [1.54, 1.807) is 17.5 Å². The second kappa shape index (κ2) is 7.78. The van der Waals surface area contributed by atoms with Crippen molar-refractivity contribution in [1.82, 2.24) is 10.3 Å². The van der Waals surface area contributed by atoms with Gasteiger partial charge in [-0.15, -0.1) is 0 Å². The Hall–Kier alpha value is -1.88. The Balaban J connectivity index is 1.83. The summed E-state index contributed by atoms with van der Waals surface area (Å²) in [6, 6.07) is 5.82. The summed E-state index contributed by atoms with van der Waals surface area (Å²) in [5.74, 6) is 0.631. The van der Waals surface area contributed by atoms with Gasteiger partial charge in [0.05, 0.1) is 6.10 Å². The topological polar surface area (TPSA) is 51.2 Å². The molecule has 2 heterocycles. The van der Waals surface area contributed by atoms with Gasteiger partial charge in [-0.2, -0.15) is 11.3 Å². The van der Waals surface area contributed by atoms with E-state index in [-0.39, 0.29) is 12.0 Å². The molecular weight excluding hydrogens is 284 g/mol. The number of hydrogen-bond donors (Lipinski definition) is 1. The molecule has 0 bridgehead atoms. The summed E-state index contributed by atoms with van der Waals surface area (Å²) in [5, 5.41) is 7.02. The third kappa shape index (κ3) is 5.19. The highest BCUT2D eigenvalue weighted by Gasteiger charge is 2.08. The zero-order chi connectivity index (χ0) is 15.1. The Kier molecular flexibility index (Phi) is 5.75. The van der Waals surface area contributed by atoms with Crippen LogP contribution in [0, 0.1) is 0 Å². The van der Waals surface area contributed by atoms with E-state index >= 15 is 0 Å². The minimum absolute atomic E-state index is 0.0422. The highest BCUT2D eigenvalue weighted by molar-refractivity contribution is 7.07. The molecule has 0 fully saturated rings. The number of nitrogens with one attached hydrogen (secondary N) is 1. The molecule has 0 spiro atoms. The van der Waals surface area contributed by atoms with Crippen LogP contribution in [0.4, 0.5) is 0 Å². The van der Waals surface area contributed by atoms with Gasteiger partial charge in [0.1, 0.15) is 0 Å². The van der Waals surface area contributed by atoms with Crippen LogP contribution in [0.5, 0.6) is 5.88 Å². The van der Waals surface area contributed by atoms with Gasteiger partial charge in [-0.1, -0.05) is 6.07 Å². The zero-order valence-corrected chi connectivity index (χ0v) is 13.2. The van der Waals surface area contributed by atoms with Crippen LogP contribution in [0.1, 0.15) is 31.4 Å². The quantitative estimate of drug-likeness (QED) is 0.854. The van der Waals surface area contributed by atoms with Crippen LogP contribution >= 0.6 is 11.3 Å². The SMILES string of the molecule is CC(C)Oc1ncccc1CNC(=O)CCc1ccsc1. The predicted molar refractivity (Wildman–Crippen MR) is 84.5 cm³/mol. The number of ether oxygens (including phenoxy) is 1. The monoisotopic (exact) mass is 304 g/mol. The maximum Gasteiger partial charge on any atom is 0.220 e. The maximum absolute atomic E-state index is 11.9. The highest BCUT2D eigenvalue weighted by atomic mass is 32.1. The van der Waals surface area contributed by atoms with Crippen molar-refractivity contribution >= 4 is 17.2 Å². The second-order valence-corrected chi connectivity index (χ2v) is 5.82. The van der Waals surface area contributed by atoms with Crippen LogP contribution < -0.4 is 10.1 Å². The van der Waals surface area contributed by atoms with Crippen molar-refractivity contribution < 1.29 is 9.53 Å². The number of hydrogen-bond acceptors (Lipinski definition) is 4. The second-order valence-electron chi connectivity index (χ2n) is 5.04. The lowest BCUT2D eigenvalue weighted by atomic mass is 10.2. The molecule has 0 aromatic carbocycles. The molecule has 1 N–H and O–H groups in total. The van der Waals surface area contributed by atoms with Gasteiger partial charge in [-0.25, -0.2) is 4.98 Å². The van der Waals surface area contributed by atoms with Crippen LogP contribution in [0.25, 0.3) is 0 Å². The number of amides is 1. The zero-order valence-electron chi connectivity index (χ0n) is 12.3. The van der Waals surface area contributed by atoms with E-state index in [1.165, 1.54) is 5.56 Å². The van der Waals surface area contributed by atoms with Crippen molar-refractivity contribution in [3.05, 3.63) is 46.3 Å². The Bertz CT molecular complexity index is 567. The molecule has 2 rings (SSSR count). The van der Waals surface area contributed by atoms with Crippen LogP contribution in [-0.2, 0) is 17.8 Å². The average Bonchev–Trinajstić information content (AvgIpc) is 2.97. The Morgan fingerprint density at radius 1 is 1.43 bits per heavy atom. The van der Waals surface area contributed by atoms with Gasteiger partial charge >= 0.3 is 0 Å². The first kappa shape index (κ1) is 15.5. The summed E-state index contributed by atoms with van der Waals surface area (Å²) < 4.78 is 5.64. The standard InChI is InChI=1S/C16H20N2O2S/c1-12(2)20-16-14(4-3-8-17-16)10-18-15(19)6-5-13-7-9-21-11-13/h3-4,7-9,11-12H,5-6,10H2,1-2H3,(H,18,19). The fraction of sp³-hybridized carbons (Fsp3) is 0.375. The first-order valence-electron chi connectivity index (χ1n) is 7.03. The average molecular weight is 304 g/mol. The van der Waals surface area contributed by atoms with Gasteiger partial charge in [0.2, 0.25) is 11.8 Å². The van der Waals surface area contributed by atoms with E-state index in [0.29, 0.717) is 18.8 Å². The smallest absolute Gasteiger partial charge is 0.220 e. The molecule has 0 atom stereocenters. The van der Waals surface area contributed by atoms with E-state index in [4.69, 9.17) is 4.74 Å². The molecule has 112 valence electrons. The van der Waals surface area contributed by atoms with Crippen LogP contribution in [0.15, 0.2) is 35.2 Å². The fourth-order valence-corrected chi connectivity index (χ4v) is 2.57. The number of carbonyl (C=O) groups is 1. The van der Waals surface area contributed by atoms with Crippen molar-refractivity contribution in [3.63, 3.8) is 0 Å². The number of carbonyl (C=O) groups excluding carboxylic acids is 1. The number of aromatic nitrogens is 1. The van der Waals surface area contributed by atoms with E-state index in [2.05, 4.69) is 15.7 Å². The lowest BCUT2D eigenvalue weighted by Gasteiger charge is -2.13. The van der Waals surface area contributed by atoms with Gasteiger partial charge in [0.15, 0.2) is 0 Å². The molecule has 2 aromatic heterocycles. The number of nitrogens with zero attached hydrogens (tertiary/aromatic N) is 1. The number of rotatable bonds is 7. The molecule has 0 saturated heterocycles. The van der Waals surface area contributed by atoms with Crippen LogP contribution in [-0.4, -0.2) is 17.0 Å². The van der Waals surface area contributed by atoms with Gasteiger partial charge in [-0.05, 0) is 48.7 Å². The van der Waals surface area contributed by atoms with Crippen molar-refractivity contribution in [3.8, 4) is 5.88 Å². The first-order chi connectivity index (χ1) is 10.1. The number of pyridine rings is 1. The molecular formula is C16H20N2O2S. The normalized spacial score (nSPS) is 10.6. The van der Waals surface area contributed by atoms with Crippen LogP contribution in [0.3, 0.4) is 0 Å². The minimum atomic E-state index is 0.0422. The molecule has 2 aromatic rings. The van der Waals surface area contributed by atoms with E-state index in [1.807, 2.05) is 37.4 Å². The van der Waals surface area contributed by atoms with Crippen molar-refractivity contribution in [1.29, 1.82) is 0 Å². The van der Waals surface area contributed by atoms with Gasteiger partial charge < -0.3 is 10.1 Å². The van der Waals surface area contributed by atoms with Gasteiger partial charge in [0.25, 0.3) is 0 Å². The van der Waals surface area contributed by atoms with Crippen molar-refractivity contribution in [2.75, 3.05) is 0 Å². The summed E-state index contributed by atoms with van der Waals surface area (Å²) in [6.45, 7) is 4.36. The Labute approximate surface area is 129 Å². The molecule has 0 saturated carbocycles. The fourth-order valence-electron chi connectivity index (χ4n) is 1.86. The molecule has 1 amide bonds. The van der Waals surface area contributed by atoms with Crippen molar-refractivity contribution in [2.45, 2.75) is 39.3 Å². The molecule has 0 radical (unpaired) electrons. The third-order valence-electron chi connectivity index (χ3n) is 2.89. The van der Waals surface area contributed by atoms with Crippen LogP contribution in [0.2, 0.25) is 0 Å². The molecule has 5 heteroatoms. The maximum atomic E-state index is 11.9. The summed E-state index contributed by atoms with van der Waals surface area (Å²) in [7, 11) is 0. The molecule has 0 aliphatic rings. The molecule has 0 aliphatic heterocycles. The van der Waals surface area contributed by atoms with E-state index < -0.39 is 0 Å². The molecule has 0 aliphatic carbocycles.